The summed E-state index contributed by atoms with van der Waals surface area (Å²) in [7, 11) is 5.22. The highest BCUT2D eigenvalue weighted by Crippen LogP contribution is 2.27. The first-order valence-corrected chi connectivity index (χ1v) is 10.5. The number of ether oxygens (including phenoxy) is 2. The standard InChI is InChI=1S/C19H30N6O2S/c1-14-23-24-18(25(14)2)13-22-19(20-9-6-10-28-5)21-12-15-7-8-16(26-3)17(11-15)27-4/h7-8,11H,6,9-10,12-13H2,1-5H3,(H2,20,21,22). The number of thioether (sulfide) groups is 1. The Balaban J connectivity index is 2.05. The molecule has 0 aliphatic rings. The van der Waals surface area contributed by atoms with Gasteiger partial charge in [-0.25, -0.2) is 4.99 Å². The first-order valence-electron chi connectivity index (χ1n) is 9.16. The number of rotatable bonds is 10. The Hall–Kier alpha value is -2.42. The summed E-state index contributed by atoms with van der Waals surface area (Å²) in [6.07, 6.45) is 3.18. The van der Waals surface area contributed by atoms with E-state index in [0.29, 0.717) is 24.6 Å². The van der Waals surface area contributed by atoms with Gasteiger partial charge in [0.15, 0.2) is 23.3 Å². The minimum absolute atomic E-state index is 0.524. The summed E-state index contributed by atoms with van der Waals surface area (Å²) in [5.74, 6) is 5.01. The number of nitrogens with zero attached hydrogens (tertiary/aromatic N) is 4. The van der Waals surface area contributed by atoms with Crippen LogP contribution in [-0.4, -0.2) is 53.5 Å². The molecule has 0 radical (unpaired) electrons. The third-order valence-corrected chi connectivity index (χ3v) is 4.98. The lowest BCUT2D eigenvalue weighted by atomic mass is 10.2. The van der Waals surface area contributed by atoms with Gasteiger partial charge in [-0.15, -0.1) is 10.2 Å². The zero-order valence-corrected chi connectivity index (χ0v) is 18.1. The predicted octanol–water partition coefficient (Wildman–Crippen LogP) is 2.13. The summed E-state index contributed by atoms with van der Waals surface area (Å²) < 4.78 is 12.6. The number of aliphatic imine (C=N–C) groups is 1. The van der Waals surface area contributed by atoms with E-state index in [1.54, 1.807) is 14.2 Å². The van der Waals surface area contributed by atoms with E-state index in [9.17, 15) is 0 Å². The number of aryl methyl sites for hydroxylation is 1. The Morgan fingerprint density at radius 2 is 1.96 bits per heavy atom. The molecule has 0 bridgehead atoms. The SMILES string of the molecule is COc1ccc(CN=C(NCCCSC)NCc2nnc(C)n2C)cc1OC. The number of hydrogen-bond donors (Lipinski definition) is 2. The molecule has 0 spiro atoms. The number of hydrogen-bond acceptors (Lipinski definition) is 6. The van der Waals surface area contributed by atoms with Gasteiger partial charge >= 0.3 is 0 Å². The molecule has 0 unspecified atom stereocenters. The van der Waals surface area contributed by atoms with Crippen LogP contribution in [0.2, 0.25) is 0 Å². The van der Waals surface area contributed by atoms with E-state index in [4.69, 9.17) is 14.5 Å². The second kappa shape index (κ2) is 11.4. The van der Waals surface area contributed by atoms with Gasteiger partial charge in [0.25, 0.3) is 0 Å². The first-order chi connectivity index (χ1) is 13.6. The van der Waals surface area contributed by atoms with Crippen molar-refractivity contribution in [1.29, 1.82) is 0 Å². The molecule has 1 aromatic heterocycles. The van der Waals surface area contributed by atoms with Gasteiger partial charge in [-0.1, -0.05) is 6.07 Å². The van der Waals surface area contributed by atoms with Crippen LogP contribution in [0.3, 0.4) is 0 Å². The van der Waals surface area contributed by atoms with Crippen molar-refractivity contribution in [3.05, 3.63) is 35.4 Å². The number of guanidine groups is 1. The average molecular weight is 407 g/mol. The van der Waals surface area contributed by atoms with Crippen molar-refractivity contribution in [2.75, 3.05) is 32.8 Å². The van der Waals surface area contributed by atoms with Gasteiger partial charge in [0, 0.05) is 13.6 Å². The highest BCUT2D eigenvalue weighted by molar-refractivity contribution is 7.98. The lowest BCUT2D eigenvalue weighted by Gasteiger charge is -2.13. The summed E-state index contributed by atoms with van der Waals surface area (Å²) >= 11 is 1.84. The molecule has 1 heterocycles. The predicted molar refractivity (Wildman–Crippen MR) is 114 cm³/mol. The van der Waals surface area contributed by atoms with E-state index >= 15 is 0 Å². The molecule has 154 valence electrons. The first kappa shape index (κ1) is 21.9. The van der Waals surface area contributed by atoms with E-state index in [2.05, 4.69) is 27.1 Å². The Kier molecular flexibility index (Phi) is 8.93. The number of nitrogens with one attached hydrogen (secondary N) is 2. The lowest BCUT2D eigenvalue weighted by Crippen LogP contribution is -2.38. The molecule has 8 nitrogen and oxygen atoms in total. The molecule has 0 amide bonds. The fourth-order valence-electron chi connectivity index (χ4n) is 2.51. The zero-order valence-electron chi connectivity index (χ0n) is 17.3. The fraction of sp³-hybridized carbons (Fsp3) is 0.526. The van der Waals surface area contributed by atoms with Gasteiger partial charge in [0.2, 0.25) is 0 Å². The highest BCUT2D eigenvalue weighted by Gasteiger charge is 2.07. The molecule has 9 heteroatoms. The van der Waals surface area contributed by atoms with Gasteiger partial charge < -0.3 is 24.7 Å². The number of aromatic nitrogens is 3. The van der Waals surface area contributed by atoms with E-state index in [1.807, 2.05) is 48.5 Å². The van der Waals surface area contributed by atoms with Crippen LogP contribution in [-0.2, 0) is 20.1 Å². The average Bonchev–Trinajstić information content (AvgIpc) is 3.04. The Morgan fingerprint density at radius 1 is 1.18 bits per heavy atom. The van der Waals surface area contributed by atoms with Crippen molar-refractivity contribution >= 4 is 17.7 Å². The van der Waals surface area contributed by atoms with Crippen LogP contribution in [0.5, 0.6) is 11.5 Å². The van der Waals surface area contributed by atoms with Crippen LogP contribution in [0.15, 0.2) is 23.2 Å². The van der Waals surface area contributed by atoms with Gasteiger partial charge in [-0.05, 0) is 43.0 Å². The van der Waals surface area contributed by atoms with Gasteiger partial charge in [-0.3, -0.25) is 0 Å². The van der Waals surface area contributed by atoms with Crippen molar-refractivity contribution < 1.29 is 9.47 Å². The van der Waals surface area contributed by atoms with Crippen LogP contribution in [0.4, 0.5) is 0 Å². The third-order valence-electron chi connectivity index (χ3n) is 4.28. The Morgan fingerprint density at radius 3 is 2.61 bits per heavy atom. The number of methoxy groups -OCH3 is 2. The van der Waals surface area contributed by atoms with E-state index < -0.39 is 0 Å². The summed E-state index contributed by atoms with van der Waals surface area (Å²) in [6, 6.07) is 5.83. The minimum atomic E-state index is 0.524. The normalized spacial score (nSPS) is 11.4. The van der Waals surface area contributed by atoms with Gasteiger partial charge in [0.1, 0.15) is 5.82 Å². The molecule has 0 atom stereocenters. The third kappa shape index (κ3) is 6.33. The maximum atomic E-state index is 5.37. The van der Waals surface area contributed by atoms with Crippen LogP contribution in [0.1, 0.15) is 23.6 Å². The summed E-state index contributed by atoms with van der Waals surface area (Å²) in [5.41, 5.74) is 1.04. The van der Waals surface area contributed by atoms with Gasteiger partial charge in [0.05, 0.1) is 27.3 Å². The van der Waals surface area contributed by atoms with Crippen LogP contribution >= 0.6 is 11.8 Å². The maximum Gasteiger partial charge on any atom is 0.191 e. The second-order valence-electron chi connectivity index (χ2n) is 6.20. The van der Waals surface area contributed by atoms with Crippen molar-refractivity contribution in [1.82, 2.24) is 25.4 Å². The molecule has 2 N–H and O–H groups in total. The molecule has 28 heavy (non-hydrogen) atoms. The molecule has 1 aromatic carbocycles. The largest absolute Gasteiger partial charge is 0.493 e. The quantitative estimate of drug-likeness (QED) is 0.355. The lowest BCUT2D eigenvalue weighted by molar-refractivity contribution is 0.354. The monoisotopic (exact) mass is 406 g/mol. The number of benzene rings is 1. The molecule has 0 aliphatic heterocycles. The van der Waals surface area contributed by atoms with Gasteiger partial charge in [-0.2, -0.15) is 11.8 Å². The molecule has 2 aromatic rings. The minimum Gasteiger partial charge on any atom is -0.493 e. The van der Waals surface area contributed by atoms with Crippen molar-refractivity contribution in [3.8, 4) is 11.5 Å². The van der Waals surface area contributed by atoms with Crippen LogP contribution in [0, 0.1) is 6.92 Å². The molecular weight excluding hydrogens is 376 g/mol. The van der Waals surface area contributed by atoms with Crippen molar-refractivity contribution in [2.45, 2.75) is 26.4 Å². The Bertz CT molecular complexity index is 778. The fourth-order valence-corrected chi connectivity index (χ4v) is 2.95. The summed E-state index contributed by atoms with van der Waals surface area (Å²) in [5, 5.41) is 15.0. The smallest absolute Gasteiger partial charge is 0.191 e. The summed E-state index contributed by atoms with van der Waals surface area (Å²) in [4.78, 5) is 4.71. The van der Waals surface area contributed by atoms with E-state index in [0.717, 1.165) is 41.9 Å². The van der Waals surface area contributed by atoms with Crippen molar-refractivity contribution in [3.63, 3.8) is 0 Å². The molecule has 0 saturated heterocycles. The summed E-state index contributed by atoms with van der Waals surface area (Å²) in [6.45, 7) is 3.87. The topological polar surface area (TPSA) is 85.6 Å². The highest BCUT2D eigenvalue weighted by atomic mass is 32.2. The molecule has 0 saturated carbocycles. The molecular formula is C19H30N6O2S. The van der Waals surface area contributed by atoms with E-state index in [-0.39, 0.29) is 0 Å². The molecule has 0 aliphatic carbocycles. The molecule has 2 rings (SSSR count). The molecule has 0 fully saturated rings. The van der Waals surface area contributed by atoms with Crippen LogP contribution < -0.4 is 20.1 Å². The zero-order chi connectivity index (χ0) is 20.4. The Labute approximate surface area is 171 Å². The van der Waals surface area contributed by atoms with Crippen molar-refractivity contribution in [2.24, 2.45) is 12.0 Å². The van der Waals surface area contributed by atoms with Crippen LogP contribution in [0.25, 0.3) is 0 Å². The van der Waals surface area contributed by atoms with E-state index in [1.165, 1.54) is 0 Å². The maximum absolute atomic E-state index is 5.37. The second-order valence-corrected chi connectivity index (χ2v) is 7.19.